The summed E-state index contributed by atoms with van der Waals surface area (Å²) in [6.45, 7) is 6.10. The molecule has 0 unspecified atom stereocenters. The number of hydrogen-bond acceptors (Lipinski definition) is 3. The van der Waals surface area contributed by atoms with Crippen LogP contribution in [0, 0.1) is 20.8 Å². The summed E-state index contributed by atoms with van der Waals surface area (Å²) in [5.41, 5.74) is 11.0. The maximum atomic E-state index is 6.36. The Morgan fingerprint density at radius 3 is 2.65 bits per heavy atom. The topological polar surface area (TPSA) is 56.7 Å². The fourth-order valence-electron chi connectivity index (χ4n) is 2.52. The van der Waals surface area contributed by atoms with Gasteiger partial charge in [0.2, 0.25) is 0 Å². The molecule has 0 saturated heterocycles. The molecule has 20 heavy (non-hydrogen) atoms. The van der Waals surface area contributed by atoms with Gasteiger partial charge >= 0.3 is 0 Å². The van der Waals surface area contributed by atoms with Crippen LogP contribution in [0.15, 0.2) is 24.5 Å². The van der Waals surface area contributed by atoms with E-state index in [2.05, 4.69) is 9.97 Å². The normalized spacial score (nSPS) is 11.2. The molecule has 0 fully saturated rings. The standard InChI is InChI=1S/C15H15ClN4/c1-8-4-5-11(16)12(6-8)20-10(3)9(2)13-14(17)18-7-19-15(13)20/h4-7H,1-3H3,(H2,17,18,19). The lowest BCUT2D eigenvalue weighted by molar-refractivity contribution is 1.01. The van der Waals surface area contributed by atoms with Gasteiger partial charge in [0, 0.05) is 5.69 Å². The molecule has 0 saturated carbocycles. The minimum absolute atomic E-state index is 0.498. The van der Waals surface area contributed by atoms with Crippen LogP contribution < -0.4 is 5.73 Å². The van der Waals surface area contributed by atoms with E-state index in [0.29, 0.717) is 10.8 Å². The van der Waals surface area contributed by atoms with Gasteiger partial charge in [-0.15, -0.1) is 0 Å². The molecule has 0 aliphatic heterocycles. The van der Waals surface area contributed by atoms with E-state index in [-0.39, 0.29) is 0 Å². The first-order valence-corrected chi connectivity index (χ1v) is 6.73. The van der Waals surface area contributed by atoms with Gasteiger partial charge in [0.1, 0.15) is 12.1 Å². The highest BCUT2D eigenvalue weighted by Gasteiger charge is 2.17. The van der Waals surface area contributed by atoms with Gasteiger partial charge in [0.05, 0.1) is 16.1 Å². The summed E-state index contributed by atoms with van der Waals surface area (Å²) in [4.78, 5) is 8.46. The van der Waals surface area contributed by atoms with Gasteiger partial charge in [-0.2, -0.15) is 0 Å². The van der Waals surface area contributed by atoms with Crippen LogP contribution in [-0.4, -0.2) is 14.5 Å². The van der Waals surface area contributed by atoms with Gasteiger partial charge in [-0.1, -0.05) is 17.7 Å². The van der Waals surface area contributed by atoms with Gasteiger partial charge in [0.25, 0.3) is 0 Å². The Morgan fingerprint density at radius 1 is 1.15 bits per heavy atom. The Balaban J connectivity index is 2.46. The first-order chi connectivity index (χ1) is 9.50. The largest absolute Gasteiger partial charge is 0.383 e. The van der Waals surface area contributed by atoms with Gasteiger partial charge in [-0.05, 0) is 44.0 Å². The van der Waals surface area contributed by atoms with Crippen molar-refractivity contribution in [2.24, 2.45) is 0 Å². The van der Waals surface area contributed by atoms with Crippen molar-refractivity contribution in [2.75, 3.05) is 5.73 Å². The molecule has 2 heterocycles. The van der Waals surface area contributed by atoms with E-state index in [1.165, 1.54) is 6.33 Å². The minimum Gasteiger partial charge on any atom is -0.383 e. The molecule has 0 aliphatic carbocycles. The maximum absolute atomic E-state index is 6.36. The van der Waals surface area contributed by atoms with Crippen molar-refractivity contribution < 1.29 is 0 Å². The van der Waals surface area contributed by atoms with E-state index < -0.39 is 0 Å². The molecule has 0 radical (unpaired) electrons. The number of anilines is 1. The SMILES string of the molecule is Cc1ccc(Cl)c(-n2c(C)c(C)c3c(N)ncnc32)c1. The van der Waals surface area contributed by atoms with Gasteiger partial charge < -0.3 is 5.73 Å². The molecule has 2 aromatic heterocycles. The Hall–Kier alpha value is -2.07. The number of nitrogens with zero attached hydrogens (tertiary/aromatic N) is 3. The lowest BCUT2D eigenvalue weighted by Crippen LogP contribution is -2.00. The number of nitrogens with two attached hydrogens (primary N) is 1. The van der Waals surface area contributed by atoms with E-state index in [0.717, 1.165) is 33.5 Å². The molecule has 2 N–H and O–H groups in total. The summed E-state index contributed by atoms with van der Waals surface area (Å²) in [6.07, 6.45) is 1.48. The second-order valence-corrected chi connectivity index (χ2v) is 5.37. The molecule has 102 valence electrons. The summed E-state index contributed by atoms with van der Waals surface area (Å²) in [7, 11) is 0. The Labute approximate surface area is 122 Å². The summed E-state index contributed by atoms with van der Waals surface area (Å²) in [6, 6.07) is 5.94. The maximum Gasteiger partial charge on any atom is 0.150 e. The number of aromatic nitrogens is 3. The van der Waals surface area contributed by atoms with Crippen molar-refractivity contribution in [3.8, 4) is 5.69 Å². The van der Waals surface area contributed by atoms with E-state index >= 15 is 0 Å². The lowest BCUT2D eigenvalue weighted by Gasteiger charge is -2.11. The summed E-state index contributed by atoms with van der Waals surface area (Å²) >= 11 is 6.36. The molecule has 1 aromatic carbocycles. The molecule has 3 rings (SSSR count). The van der Waals surface area contributed by atoms with Crippen molar-refractivity contribution in [3.05, 3.63) is 46.4 Å². The van der Waals surface area contributed by atoms with E-state index in [9.17, 15) is 0 Å². The fraction of sp³-hybridized carbons (Fsp3) is 0.200. The summed E-state index contributed by atoms with van der Waals surface area (Å²) < 4.78 is 2.04. The Kier molecular flexibility index (Phi) is 2.91. The van der Waals surface area contributed by atoms with Gasteiger partial charge in [-0.3, -0.25) is 4.57 Å². The molecule has 0 aliphatic rings. The second-order valence-electron chi connectivity index (χ2n) is 4.96. The highest BCUT2D eigenvalue weighted by Crippen LogP contribution is 2.32. The number of aryl methyl sites for hydroxylation is 2. The van der Waals surface area contributed by atoms with Crippen LogP contribution in [0.3, 0.4) is 0 Å². The molecule has 0 bridgehead atoms. The Morgan fingerprint density at radius 2 is 1.90 bits per heavy atom. The third-order valence-electron chi connectivity index (χ3n) is 3.66. The highest BCUT2D eigenvalue weighted by atomic mass is 35.5. The van der Waals surface area contributed by atoms with Crippen molar-refractivity contribution >= 4 is 28.5 Å². The smallest absolute Gasteiger partial charge is 0.150 e. The van der Waals surface area contributed by atoms with Crippen LogP contribution in [0.1, 0.15) is 16.8 Å². The number of fused-ring (bicyclic) bond motifs is 1. The van der Waals surface area contributed by atoms with Crippen molar-refractivity contribution in [3.63, 3.8) is 0 Å². The van der Waals surface area contributed by atoms with Crippen molar-refractivity contribution in [2.45, 2.75) is 20.8 Å². The fourth-order valence-corrected chi connectivity index (χ4v) is 2.72. The number of rotatable bonds is 1. The number of hydrogen-bond donors (Lipinski definition) is 1. The number of benzene rings is 1. The molecule has 0 amide bonds. The molecule has 3 aromatic rings. The van der Waals surface area contributed by atoms with Gasteiger partial charge in [-0.25, -0.2) is 9.97 Å². The predicted molar refractivity (Wildman–Crippen MR) is 82.5 cm³/mol. The number of nitrogen functional groups attached to an aromatic ring is 1. The quantitative estimate of drug-likeness (QED) is 0.744. The first kappa shape index (κ1) is 12.9. The molecule has 4 nitrogen and oxygen atoms in total. The number of halogens is 1. The Bertz CT molecular complexity index is 820. The van der Waals surface area contributed by atoms with Crippen molar-refractivity contribution in [1.29, 1.82) is 0 Å². The minimum atomic E-state index is 0.498. The van der Waals surface area contributed by atoms with Crippen LogP contribution in [-0.2, 0) is 0 Å². The predicted octanol–water partition coefficient (Wildman–Crippen LogP) is 3.58. The zero-order valence-electron chi connectivity index (χ0n) is 11.6. The van der Waals surface area contributed by atoms with E-state index in [1.807, 2.05) is 43.5 Å². The zero-order chi connectivity index (χ0) is 14.4. The van der Waals surface area contributed by atoms with Gasteiger partial charge in [0.15, 0.2) is 5.65 Å². The molecule has 5 heteroatoms. The summed E-state index contributed by atoms with van der Waals surface area (Å²) in [5.74, 6) is 0.498. The second kappa shape index (κ2) is 4.49. The average Bonchev–Trinajstić information content (AvgIpc) is 2.66. The van der Waals surface area contributed by atoms with Crippen LogP contribution in [0.5, 0.6) is 0 Å². The third kappa shape index (κ3) is 1.76. The monoisotopic (exact) mass is 286 g/mol. The highest BCUT2D eigenvalue weighted by molar-refractivity contribution is 6.32. The average molecular weight is 287 g/mol. The van der Waals surface area contributed by atoms with E-state index in [1.54, 1.807) is 0 Å². The van der Waals surface area contributed by atoms with Crippen LogP contribution in [0.2, 0.25) is 5.02 Å². The van der Waals surface area contributed by atoms with Crippen molar-refractivity contribution in [1.82, 2.24) is 14.5 Å². The summed E-state index contributed by atoms with van der Waals surface area (Å²) in [5, 5.41) is 1.58. The molecular weight excluding hydrogens is 272 g/mol. The van der Waals surface area contributed by atoms with Crippen LogP contribution >= 0.6 is 11.6 Å². The van der Waals surface area contributed by atoms with E-state index in [4.69, 9.17) is 17.3 Å². The molecular formula is C15H15ClN4. The first-order valence-electron chi connectivity index (χ1n) is 6.35. The molecule has 0 spiro atoms. The van der Waals surface area contributed by atoms with Crippen LogP contribution in [0.4, 0.5) is 5.82 Å². The third-order valence-corrected chi connectivity index (χ3v) is 3.98. The zero-order valence-corrected chi connectivity index (χ0v) is 12.4. The lowest BCUT2D eigenvalue weighted by atomic mass is 10.2. The molecule has 0 atom stereocenters. The van der Waals surface area contributed by atoms with Crippen LogP contribution in [0.25, 0.3) is 16.7 Å².